The first-order valence-electron chi connectivity index (χ1n) is 8.37. The second kappa shape index (κ2) is 7.39. The minimum atomic E-state index is -0.0231. The van der Waals surface area contributed by atoms with Gasteiger partial charge in [0, 0.05) is 19.2 Å². The number of ether oxygens (including phenoxy) is 1. The maximum Gasteiger partial charge on any atom is 0.257 e. The molecule has 0 aliphatic carbocycles. The lowest BCUT2D eigenvalue weighted by Crippen LogP contribution is -2.39. The average Bonchev–Trinajstić information content (AvgIpc) is 2.62. The third-order valence-corrected chi connectivity index (χ3v) is 4.68. The predicted molar refractivity (Wildman–Crippen MR) is 93.4 cm³/mol. The zero-order chi connectivity index (χ0) is 16.9. The summed E-state index contributed by atoms with van der Waals surface area (Å²) < 4.78 is 5.23. The van der Waals surface area contributed by atoms with Crippen LogP contribution in [0.3, 0.4) is 0 Å². The summed E-state index contributed by atoms with van der Waals surface area (Å²) in [5.41, 5.74) is 1.87. The minimum Gasteiger partial charge on any atom is -0.508 e. The Labute approximate surface area is 142 Å². The van der Waals surface area contributed by atoms with Crippen LogP contribution in [0.4, 0.5) is 0 Å². The van der Waals surface area contributed by atoms with Gasteiger partial charge >= 0.3 is 0 Å². The highest BCUT2D eigenvalue weighted by molar-refractivity contribution is 5.97. The molecular weight excluding hydrogens is 302 g/mol. The number of likely N-dealkylation sites (tertiary alicyclic amines) is 1. The van der Waals surface area contributed by atoms with E-state index in [1.807, 2.05) is 11.0 Å². The van der Waals surface area contributed by atoms with E-state index in [-0.39, 0.29) is 11.7 Å². The third-order valence-electron chi connectivity index (χ3n) is 4.68. The predicted octanol–water partition coefficient (Wildman–Crippen LogP) is 3.50. The first-order valence-corrected chi connectivity index (χ1v) is 8.37. The van der Waals surface area contributed by atoms with E-state index in [1.54, 1.807) is 6.07 Å². The van der Waals surface area contributed by atoms with Crippen LogP contribution in [0.25, 0.3) is 0 Å². The van der Waals surface area contributed by atoms with E-state index in [9.17, 15) is 9.90 Å². The van der Waals surface area contributed by atoms with Crippen LogP contribution in [0.5, 0.6) is 11.5 Å². The van der Waals surface area contributed by atoms with Gasteiger partial charge in [-0.05, 0) is 42.9 Å². The van der Waals surface area contributed by atoms with Crippen molar-refractivity contribution in [1.82, 2.24) is 4.90 Å². The van der Waals surface area contributed by atoms with Crippen molar-refractivity contribution < 1.29 is 14.6 Å². The molecule has 1 amide bonds. The van der Waals surface area contributed by atoms with Crippen LogP contribution >= 0.6 is 0 Å². The Kier molecular flexibility index (Phi) is 5.04. The average molecular weight is 325 g/mol. The molecule has 2 aromatic rings. The molecule has 4 heteroatoms. The van der Waals surface area contributed by atoms with Gasteiger partial charge in [0.15, 0.2) is 0 Å². The molecule has 0 unspecified atom stereocenters. The summed E-state index contributed by atoms with van der Waals surface area (Å²) in [5, 5.41) is 9.53. The van der Waals surface area contributed by atoms with Gasteiger partial charge in [0.05, 0.1) is 12.7 Å². The van der Waals surface area contributed by atoms with Gasteiger partial charge in [0.2, 0.25) is 0 Å². The van der Waals surface area contributed by atoms with Gasteiger partial charge in [0.1, 0.15) is 11.5 Å². The van der Waals surface area contributed by atoms with Crippen molar-refractivity contribution >= 4 is 5.91 Å². The summed E-state index contributed by atoms with van der Waals surface area (Å²) in [4.78, 5) is 14.6. The van der Waals surface area contributed by atoms with Crippen LogP contribution in [0, 0.1) is 5.92 Å². The first-order chi connectivity index (χ1) is 11.7. The molecule has 0 radical (unpaired) electrons. The number of methoxy groups -OCH3 is 1. The fraction of sp³-hybridized carbons (Fsp3) is 0.350. The normalized spacial score (nSPS) is 15.3. The molecule has 0 saturated carbocycles. The van der Waals surface area contributed by atoms with Gasteiger partial charge in [-0.3, -0.25) is 4.79 Å². The van der Waals surface area contributed by atoms with Crippen molar-refractivity contribution in [1.29, 1.82) is 0 Å². The zero-order valence-corrected chi connectivity index (χ0v) is 13.9. The van der Waals surface area contributed by atoms with Crippen LogP contribution in [0.2, 0.25) is 0 Å². The van der Waals surface area contributed by atoms with Crippen molar-refractivity contribution in [2.45, 2.75) is 19.3 Å². The van der Waals surface area contributed by atoms with Crippen molar-refractivity contribution in [2.24, 2.45) is 5.92 Å². The lowest BCUT2D eigenvalue weighted by atomic mass is 9.90. The van der Waals surface area contributed by atoms with E-state index >= 15 is 0 Å². The number of benzene rings is 2. The fourth-order valence-corrected chi connectivity index (χ4v) is 3.31. The summed E-state index contributed by atoms with van der Waals surface area (Å²) in [6.07, 6.45) is 3.10. The number of carbonyl (C=O) groups excluding carboxylic acids is 1. The van der Waals surface area contributed by atoms with Crippen LogP contribution in [0.1, 0.15) is 28.8 Å². The van der Waals surface area contributed by atoms with Crippen LogP contribution in [-0.2, 0) is 6.42 Å². The molecule has 0 atom stereocenters. The smallest absolute Gasteiger partial charge is 0.257 e. The van der Waals surface area contributed by atoms with E-state index in [1.165, 1.54) is 24.8 Å². The molecule has 1 N–H and O–H groups in total. The van der Waals surface area contributed by atoms with Crippen molar-refractivity contribution in [3.63, 3.8) is 0 Å². The number of piperidine rings is 1. The number of aromatic hydroxyl groups is 1. The maximum absolute atomic E-state index is 12.7. The monoisotopic (exact) mass is 325 g/mol. The van der Waals surface area contributed by atoms with Crippen molar-refractivity contribution in [2.75, 3.05) is 20.2 Å². The molecule has 2 aromatic carbocycles. The Morgan fingerprint density at radius 2 is 1.88 bits per heavy atom. The SMILES string of the molecule is COc1cc(O)ccc1C(=O)N1CCC(Cc2ccccc2)CC1. The standard InChI is InChI=1S/C20H23NO3/c1-24-19-14-17(22)7-8-18(19)20(23)21-11-9-16(10-12-21)13-15-5-3-2-4-6-15/h2-8,14,16,22H,9-13H2,1H3. The second-order valence-electron chi connectivity index (χ2n) is 6.31. The Bertz CT molecular complexity index is 691. The number of rotatable bonds is 4. The van der Waals surface area contributed by atoms with Gasteiger partial charge < -0.3 is 14.7 Å². The van der Waals surface area contributed by atoms with Gasteiger partial charge in [-0.25, -0.2) is 0 Å². The van der Waals surface area contributed by atoms with E-state index in [0.717, 1.165) is 32.4 Å². The molecule has 4 nitrogen and oxygen atoms in total. The number of carbonyl (C=O) groups is 1. The van der Waals surface area contributed by atoms with Gasteiger partial charge in [-0.1, -0.05) is 30.3 Å². The van der Waals surface area contributed by atoms with Crippen LogP contribution in [-0.4, -0.2) is 36.1 Å². The maximum atomic E-state index is 12.7. The highest BCUT2D eigenvalue weighted by Gasteiger charge is 2.25. The summed E-state index contributed by atoms with van der Waals surface area (Å²) in [6.45, 7) is 1.53. The van der Waals surface area contributed by atoms with Gasteiger partial charge in [-0.15, -0.1) is 0 Å². The summed E-state index contributed by atoms with van der Waals surface area (Å²) in [5.74, 6) is 1.12. The number of phenolic OH excluding ortho intramolecular Hbond substituents is 1. The largest absolute Gasteiger partial charge is 0.508 e. The van der Waals surface area contributed by atoms with E-state index in [2.05, 4.69) is 24.3 Å². The highest BCUT2D eigenvalue weighted by atomic mass is 16.5. The molecule has 0 bridgehead atoms. The quantitative estimate of drug-likeness (QED) is 0.936. The van der Waals surface area contributed by atoms with Gasteiger partial charge in [0.25, 0.3) is 5.91 Å². The summed E-state index contributed by atoms with van der Waals surface area (Å²) in [6, 6.07) is 15.2. The van der Waals surface area contributed by atoms with E-state index in [4.69, 9.17) is 4.74 Å². The van der Waals surface area contributed by atoms with Gasteiger partial charge in [-0.2, -0.15) is 0 Å². The third kappa shape index (κ3) is 3.70. The molecule has 24 heavy (non-hydrogen) atoms. The Morgan fingerprint density at radius 1 is 1.17 bits per heavy atom. The summed E-state index contributed by atoms with van der Waals surface area (Å²) in [7, 11) is 1.51. The molecule has 0 spiro atoms. The first kappa shape index (κ1) is 16.4. The molecule has 0 aromatic heterocycles. The molecule has 1 aliphatic heterocycles. The molecule has 1 aliphatic rings. The summed E-state index contributed by atoms with van der Waals surface area (Å²) >= 11 is 0. The lowest BCUT2D eigenvalue weighted by molar-refractivity contribution is 0.0687. The molecule has 1 fully saturated rings. The Morgan fingerprint density at radius 3 is 2.54 bits per heavy atom. The topological polar surface area (TPSA) is 49.8 Å². The molecule has 126 valence electrons. The van der Waals surface area contributed by atoms with Crippen molar-refractivity contribution in [3.05, 3.63) is 59.7 Å². The lowest BCUT2D eigenvalue weighted by Gasteiger charge is -2.32. The Balaban J connectivity index is 1.61. The molecular formula is C20H23NO3. The number of hydrogen-bond donors (Lipinski definition) is 1. The molecule has 1 saturated heterocycles. The molecule has 1 heterocycles. The number of nitrogens with zero attached hydrogens (tertiary/aromatic N) is 1. The van der Waals surface area contributed by atoms with Crippen LogP contribution in [0.15, 0.2) is 48.5 Å². The minimum absolute atomic E-state index is 0.0231. The molecule has 3 rings (SSSR count). The number of phenols is 1. The zero-order valence-electron chi connectivity index (χ0n) is 13.9. The number of amides is 1. The van der Waals surface area contributed by atoms with E-state index in [0.29, 0.717) is 17.2 Å². The fourth-order valence-electron chi connectivity index (χ4n) is 3.31. The Hall–Kier alpha value is -2.49. The van der Waals surface area contributed by atoms with E-state index < -0.39 is 0 Å². The van der Waals surface area contributed by atoms with Crippen molar-refractivity contribution in [3.8, 4) is 11.5 Å². The van der Waals surface area contributed by atoms with Crippen LogP contribution < -0.4 is 4.74 Å². The number of hydrogen-bond acceptors (Lipinski definition) is 3. The second-order valence-corrected chi connectivity index (χ2v) is 6.31. The highest BCUT2D eigenvalue weighted by Crippen LogP contribution is 2.28.